The molecule has 1 aromatic heterocycles. The van der Waals surface area contributed by atoms with Gasteiger partial charge in [-0.1, -0.05) is 96.6 Å². The van der Waals surface area contributed by atoms with E-state index in [9.17, 15) is 22.8 Å². The summed E-state index contributed by atoms with van der Waals surface area (Å²) in [6.07, 6.45) is 0.342. The SMILES string of the molecule is Cc1ccc(CN(C)CCN(C)C(=O)[C@H](Cc2ccccc2)N(Cc2ccc(-c3ccccn3)cc2)C(=O)C=Cc2ccc(C(F)(F)F)cc2)c(C)c1. The van der Waals surface area contributed by atoms with E-state index in [0.717, 1.165) is 41.1 Å². The Kier molecular flexibility index (Phi) is 13.0. The lowest BCUT2D eigenvalue weighted by atomic mass is 10.0. The van der Waals surface area contributed by atoms with Crippen LogP contribution >= 0.6 is 0 Å². The molecular formula is C44H45F3N4O2. The third kappa shape index (κ3) is 11.0. The van der Waals surface area contributed by atoms with Crippen molar-refractivity contribution < 1.29 is 22.8 Å². The van der Waals surface area contributed by atoms with Crippen molar-refractivity contribution in [3.05, 3.63) is 166 Å². The van der Waals surface area contributed by atoms with Gasteiger partial charge in [-0.2, -0.15) is 13.2 Å². The molecule has 0 aliphatic rings. The van der Waals surface area contributed by atoms with Gasteiger partial charge in [0.15, 0.2) is 0 Å². The smallest absolute Gasteiger partial charge is 0.343 e. The van der Waals surface area contributed by atoms with E-state index in [1.165, 1.54) is 41.0 Å². The van der Waals surface area contributed by atoms with Crippen LogP contribution in [0.1, 0.15) is 38.9 Å². The van der Waals surface area contributed by atoms with E-state index in [-0.39, 0.29) is 18.9 Å². The number of carbonyl (C=O) groups is 2. The van der Waals surface area contributed by atoms with Crippen molar-refractivity contribution in [3.63, 3.8) is 0 Å². The molecule has 0 fully saturated rings. The van der Waals surface area contributed by atoms with Crippen LogP contribution in [0.2, 0.25) is 0 Å². The van der Waals surface area contributed by atoms with Crippen LogP contribution in [0.3, 0.4) is 0 Å². The fraction of sp³-hybridized carbons (Fsp3) is 0.250. The summed E-state index contributed by atoms with van der Waals surface area (Å²) in [4.78, 5) is 38.5. The predicted octanol–water partition coefficient (Wildman–Crippen LogP) is 8.63. The molecule has 0 saturated carbocycles. The lowest BCUT2D eigenvalue weighted by Crippen LogP contribution is -2.51. The van der Waals surface area contributed by atoms with Gasteiger partial charge in [0.2, 0.25) is 11.8 Å². The van der Waals surface area contributed by atoms with Gasteiger partial charge in [0.1, 0.15) is 6.04 Å². The van der Waals surface area contributed by atoms with E-state index in [2.05, 4.69) is 41.9 Å². The number of aromatic nitrogens is 1. The average molecular weight is 719 g/mol. The Balaban J connectivity index is 1.42. The summed E-state index contributed by atoms with van der Waals surface area (Å²) in [5, 5.41) is 0. The Morgan fingerprint density at radius 1 is 0.774 bits per heavy atom. The van der Waals surface area contributed by atoms with E-state index < -0.39 is 23.7 Å². The van der Waals surface area contributed by atoms with Gasteiger partial charge < -0.3 is 14.7 Å². The molecule has 0 N–H and O–H groups in total. The molecule has 9 heteroatoms. The molecule has 5 aromatic rings. The number of hydrogen-bond acceptors (Lipinski definition) is 4. The number of pyridine rings is 1. The Morgan fingerprint density at radius 3 is 2.11 bits per heavy atom. The van der Waals surface area contributed by atoms with E-state index >= 15 is 0 Å². The molecule has 6 nitrogen and oxygen atoms in total. The largest absolute Gasteiger partial charge is 0.416 e. The summed E-state index contributed by atoms with van der Waals surface area (Å²) >= 11 is 0. The van der Waals surface area contributed by atoms with Gasteiger partial charge in [-0.25, -0.2) is 0 Å². The van der Waals surface area contributed by atoms with Gasteiger partial charge in [-0.05, 0) is 79.1 Å². The fourth-order valence-electron chi connectivity index (χ4n) is 6.15. The van der Waals surface area contributed by atoms with E-state index in [4.69, 9.17) is 0 Å². The third-order valence-corrected chi connectivity index (χ3v) is 9.27. The molecule has 0 unspecified atom stereocenters. The van der Waals surface area contributed by atoms with Crippen molar-refractivity contribution in [2.45, 2.75) is 45.6 Å². The minimum absolute atomic E-state index is 0.127. The highest BCUT2D eigenvalue weighted by atomic mass is 19.4. The lowest BCUT2D eigenvalue weighted by molar-refractivity contribution is -0.143. The van der Waals surface area contributed by atoms with Crippen LogP contribution in [-0.4, -0.2) is 64.7 Å². The Labute approximate surface area is 310 Å². The molecule has 1 heterocycles. The van der Waals surface area contributed by atoms with Crippen molar-refractivity contribution in [1.82, 2.24) is 19.7 Å². The first-order valence-electron chi connectivity index (χ1n) is 17.6. The molecule has 2 amide bonds. The molecule has 0 radical (unpaired) electrons. The predicted molar refractivity (Wildman–Crippen MR) is 205 cm³/mol. The molecular weight excluding hydrogens is 674 g/mol. The maximum atomic E-state index is 14.5. The first kappa shape index (κ1) is 38.7. The maximum Gasteiger partial charge on any atom is 0.416 e. The quantitative estimate of drug-likeness (QED) is 0.108. The standard InChI is InChI=1S/C44H45F3N4O2/c1-32-13-19-38(33(2)28-32)31-49(3)26-27-50(4)43(53)41(29-35-10-6-5-7-11-35)51(30-36-14-20-37(21-15-36)40-12-8-9-25-48-40)42(52)24-18-34-16-22-39(23-17-34)44(45,46)47/h5-25,28,41H,26-27,29-31H2,1-4H3/t41-/m0/s1. The lowest BCUT2D eigenvalue weighted by Gasteiger charge is -2.34. The average Bonchev–Trinajstić information content (AvgIpc) is 3.16. The molecule has 1 atom stereocenters. The molecule has 0 saturated heterocycles. The number of amides is 2. The summed E-state index contributed by atoms with van der Waals surface area (Å²) in [7, 11) is 3.78. The van der Waals surface area contributed by atoms with Crippen LogP contribution in [-0.2, 0) is 35.3 Å². The number of benzene rings is 4. The van der Waals surface area contributed by atoms with Crippen LogP contribution in [0.4, 0.5) is 13.2 Å². The van der Waals surface area contributed by atoms with Gasteiger partial charge in [0.05, 0.1) is 11.3 Å². The van der Waals surface area contributed by atoms with E-state index in [1.54, 1.807) is 23.0 Å². The minimum Gasteiger partial charge on any atom is -0.343 e. The second-order valence-electron chi connectivity index (χ2n) is 13.5. The number of rotatable bonds is 14. The summed E-state index contributed by atoms with van der Waals surface area (Å²) in [5.41, 5.74) is 6.73. The van der Waals surface area contributed by atoms with Gasteiger partial charge in [-0.15, -0.1) is 0 Å². The highest BCUT2D eigenvalue weighted by Gasteiger charge is 2.32. The van der Waals surface area contributed by atoms with Crippen molar-refractivity contribution in [2.24, 2.45) is 0 Å². The van der Waals surface area contributed by atoms with Crippen molar-refractivity contribution in [3.8, 4) is 11.3 Å². The molecule has 4 aromatic carbocycles. The minimum atomic E-state index is -4.47. The van der Waals surface area contributed by atoms with Gasteiger partial charge in [0, 0.05) is 57.5 Å². The second kappa shape index (κ2) is 17.8. The molecule has 0 bridgehead atoms. The zero-order chi connectivity index (χ0) is 38.0. The number of aryl methyl sites for hydroxylation is 2. The Hall–Kier alpha value is -5.54. The van der Waals surface area contributed by atoms with Crippen LogP contribution in [0, 0.1) is 13.8 Å². The van der Waals surface area contributed by atoms with E-state index in [0.29, 0.717) is 18.7 Å². The molecule has 0 aliphatic heterocycles. The van der Waals surface area contributed by atoms with E-state index in [1.807, 2.05) is 79.8 Å². The second-order valence-corrected chi connectivity index (χ2v) is 13.5. The van der Waals surface area contributed by atoms with Crippen LogP contribution in [0.25, 0.3) is 17.3 Å². The topological polar surface area (TPSA) is 56.8 Å². The zero-order valence-electron chi connectivity index (χ0n) is 30.6. The highest BCUT2D eigenvalue weighted by Crippen LogP contribution is 2.29. The third-order valence-electron chi connectivity index (χ3n) is 9.27. The monoisotopic (exact) mass is 718 g/mol. The van der Waals surface area contributed by atoms with Gasteiger partial charge >= 0.3 is 6.18 Å². The van der Waals surface area contributed by atoms with Crippen LogP contribution in [0.5, 0.6) is 0 Å². The van der Waals surface area contributed by atoms with Gasteiger partial charge in [0.25, 0.3) is 0 Å². The number of alkyl halides is 3. The number of nitrogens with zero attached hydrogens (tertiary/aromatic N) is 4. The summed E-state index contributed by atoms with van der Waals surface area (Å²) < 4.78 is 39.5. The zero-order valence-corrected chi connectivity index (χ0v) is 30.6. The van der Waals surface area contributed by atoms with Crippen molar-refractivity contribution >= 4 is 17.9 Å². The van der Waals surface area contributed by atoms with Crippen molar-refractivity contribution in [1.29, 1.82) is 0 Å². The molecule has 53 heavy (non-hydrogen) atoms. The molecule has 0 spiro atoms. The molecule has 5 rings (SSSR count). The summed E-state index contributed by atoms with van der Waals surface area (Å²) in [5.74, 6) is -0.650. The maximum absolute atomic E-state index is 14.5. The first-order chi connectivity index (χ1) is 25.4. The summed E-state index contributed by atoms with van der Waals surface area (Å²) in [6, 6.07) is 33.1. The van der Waals surface area contributed by atoms with Gasteiger partial charge in [-0.3, -0.25) is 14.6 Å². The Bertz CT molecular complexity index is 1980. The number of likely N-dealkylation sites (N-methyl/N-ethyl adjacent to an activating group) is 2. The highest BCUT2D eigenvalue weighted by molar-refractivity contribution is 5.95. The van der Waals surface area contributed by atoms with Crippen LogP contribution < -0.4 is 0 Å². The summed E-state index contributed by atoms with van der Waals surface area (Å²) in [6.45, 7) is 6.09. The molecule has 274 valence electrons. The fourth-order valence-corrected chi connectivity index (χ4v) is 6.15. The Morgan fingerprint density at radius 2 is 1.47 bits per heavy atom. The van der Waals surface area contributed by atoms with Crippen molar-refractivity contribution in [2.75, 3.05) is 27.2 Å². The number of halogens is 3. The normalized spacial score (nSPS) is 12.2. The number of hydrogen-bond donors (Lipinski definition) is 0. The molecule has 0 aliphatic carbocycles. The van der Waals surface area contributed by atoms with Crippen LogP contribution in [0.15, 0.2) is 128 Å². The first-order valence-corrected chi connectivity index (χ1v) is 17.6. The number of carbonyl (C=O) groups excluding carboxylic acids is 2.